The molecule has 0 unspecified atom stereocenters. The standard InChI is InChI=1S/C18H18O5S/c1-13(2)12-22-16-8-4-14(5-9-16)18(19)15-6-10-17(11-7-15)23-24(3,20)21/h4-12H,1-3H3. The largest absolute Gasteiger partial charge is 0.465 e. The van der Waals surface area contributed by atoms with E-state index in [0.717, 1.165) is 11.8 Å². The lowest BCUT2D eigenvalue weighted by Crippen LogP contribution is -2.06. The normalized spacial score (nSPS) is 10.8. The molecule has 0 saturated carbocycles. The first-order valence-corrected chi connectivity index (χ1v) is 9.00. The molecule has 0 heterocycles. The molecule has 0 N–H and O–H groups in total. The number of hydrogen-bond acceptors (Lipinski definition) is 5. The van der Waals surface area contributed by atoms with Crippen molar-refractivity contribution in [2.75, 3.05) is 6.26 Å². The fourth-order valence-electron chi connectivity index (χ4n) is 1.87. The summed E-state index contributed by atoms with van der Waals surface area (Å²) in [6.45, 7) is 3.85. The van der Waals surface area contributed by atoms with Gasteiger partial charge < -0.3 is 8.92 Å². The fraction of sp³-hybridized carbons (Fsp3) is 0.167. The maximum Gasteiger partial charge on any atom is 0.306 e. The van der Waals surface area contributed by atoms with E-state index in [9.17, 15) is 13.2 Å². The average Bonchev–Trinajstić information content (AvgIpc) is 2.52. The van der Waals surface area contributed by atoms with E-state index in [1.807, 2.05) is 13.8 Å². The lowest BCUT2D eigenvalue weighted by Gasteiger charge is -2.06. The minimum atomic E-state index is -3.58. The molecule has 0 aliphatic rings. The van der Waals surface area contributed by atoms with Gasteiger partial charge in [0.25, 0.3) is 0 Å². The number of ether oxygens (including phenoxy) is 1. The Morgan fingerprint density at radius 1 is 0.875 bits per heavy atom. The van der Waals surface area contributed by atoms with E-state index in [2.05, 4.69) is 0 Å². The van der Waals surface area contributed by atoms with Gasteiger partial charge in [0.15, 0.2) is 5.78 Å². The molecule has 0 spiro atoms. The van der Waals surface area contributed by atoms with Gasteiger partial charge in [-0.15, -0.1) is 0 Å². The molecule has 6 heteroatoms. The molecule has 0 amide bonds. The molecule has 2 aromatic carbocycles. The van der Waals surface area contributed by atoms with Crippen molar-refractivity contribution in [3.8, 4) is 11.5 Å². The highest BCUT2D eigenvalue weighted by atomic mass is 32.2. The van der Waals surface area contributed by atoms with Crippen LogP contribution in [0.2, 0.25) is 0 Å². The van der Waals surface area contributed by atoms with Gasteiger partial charge in [-0.05, 0) is 68.0 Å². The Hall–Kier alpha value is -2.60. The van der Waals surface area contributed by atoms with E-state index in [4.69, 9.17) is 8.92 Å². The number of allylic oxidation sites excluding steroid dienone is 1. The number of benzene rings is 2. The number of carbonyl (C=O) groups excluding carboxylic acids is 1. The molecule has 0 radical (unpaired) electrons. The molecular weight excluding hydrogens is 328 g/mol. The van der Waals surface area contributed by atoms with Crippen LogP contribution in [0.1, 0.15) is 29.8 Å². The predicted molar refractivity (Wildman–Crippen MR) is 91.8 cm³/mol. The minimum Gasteiger partial charge on any atom is -0.465 e. The second-order valence-electron chi connectivity index (χ2n) is 5.48. The van der Waals surface area contributed by atoms with Crippen LogP contribution in [0.5, 0.6) is 11.5 Å². The number of rotatable bonds is 6. The zero-order chi connectivity index (χ0) is 17.7. The number of hydrogen-bond donors (Lipinski definition) is 0. The van der Waals surface area contributed by atoms with Crippen LogP contribution < -0.4 is 8.92 Å². The fourth-order valence-corrected chi connectivity index (χ4v) is 2.33. The van der Waals surface area contributed by atoms with E-state index in [-0.39, 0.29) is 11.5 Å². The molecule has 126 valence electrons. The van der Waals surface area contributed by atoms with Gasteiger partial charge in [-0.3, -0.25) is 4.79 Å². The lowest BCUT2D eigenvalue weighted by molar-refractivity contribution is 0.103. The summed E-state index contributed by atoms with van der Waals surface area (Å²) >= 11 is 0. The van der Waals surface area contributed by atoms with Crippen LogP contribution in [0.25, 0.3) is 0 Å². The summed E-state index contributed by atoms with van der Waals surface area (Å²) in [6, 6.07) is 12.7. The summed E-state index contributed by atoms with van der Waals surface area (Å²) in [5, 5.41) is 0. The first-order chi connectivity index (χ1) is 11.2. The SMILES string of the molecule is CC(C)=COc1ccc(C(=O)c2ccc(OS(C)(=O)=O)cc2)cc1. The van der Waals surface area contributed by atoms with Crippen molar-refractivity contribution < 1.29 is 22.1 Å². The quantitative estimate of drug-likeness (QED) is 0.454. The summed E-state index contributed by atoms with van der Waals surface area (Å²) < 4.78 is 32.3. The Balaban J connectivity index is 2.12. The maximum absolute atomic E-state index is 12.4. The summed E-state index contributed by atoms with van der Waals surface area (Å²) in [5.41, 5.74) is 1.98. The van der Waals surface area contributed by atoms with Crippen molar-refractivity contribution in [3.63, 3.8) is 0 Å². The highest BCUT2D eigenvalue weighted by molar-refractivity contribution is 7.86. The van der Waals surface area contributed by atoms with Crippen LogP contribution >= 0.6 is 0 Å². The van der Waals surface area contributed by atoms with Crippen molar-refractivity contribution in [3.05, 3.63) is 71.5 Å². The number of carbonyl (C=O) groups is 1. The van der Waals surface area contributed by atoms with Crippen LogP contribution in [0.15, 0.2) is 60.4 Å². The molecule has 0 saturated heterocycles. The van der Waals surface area contributed by atoms with Crippen molar-refractivity contribution >= 4 is 15.9 Å². The van der Waals surface area contributed by atoms with Crippen LogP contribution in [-0.4, -0.2) is 20.5 Å². The van der Waals surface area contributed by atoms with E-state index < -0.39 is 10.1 Å². The number of ketones is 1. The van der Waals surface area contributed by atoms with Gasteiger partial charge in [0, 0.05) is 11.1 Å². The Labute approximate surface area is 141 Å². The predicted octanol–water partition coefficient (Wildman–Crippen LogP) is 3.56. The van der Waals surface area contributed by atoms with Gasteiger partial charge in [-0.25, -0.2) is 0 Å². The van der Waals surface area contributed by atoms with E-state index in [1.54, 1.807) is 30.5 Å². The van der Waals surface area contributed by atoms with Gasteiger partial charge in [0.2, 0.25) is 0 Å². The zero-order valence-electron chi connectivity index (χ0n) is 13.6. The third-order valence-corrected chi connectivity index (χ3v) is 3.41. The lowest BCUT2D eigenvalue weighted by atomic mass is 10.0. The van der Waals surface area contributed by atoms with Crippen LogP contribution in [-0.2, 0) is 10.1 Å². The highest BCUT2D eigenvalue weighted by Crippen LogP contribution is 2.19. The van der Waals surface area contributed by atoms with Crippen LogP contribution in [0.3, 0.4) is 0 Å². The minimum absolute atomic E-state index is 0.166. The smallest absolute Gasteiger partial charge is 0.306 e. The summed E-state index contributed by atoms with van der Waals surface area (Å²) in [6.07, 6.45) is 2.60. The topological polar surface area (TPSA) is 69.7 Å². The molecule has 0 bridgehead atoms. The van der Waals surface area contributed by atoms with Crippen molar-refractivity contribution in [1.29, 1.82) is 0 Å². The molecule has 5 nitrogen and oxygen atoms in total. The molecule has 24 heavy (non-hydrogen) atoms. The Kier molecular flexibility index (Phi) is 5.41. The summed E-state index contributed by atoms with van der Waals surface area (Å²) in [7, 11) is -3.58. The molecule has 0 aliphatic heterocycles. The van der Waals surface area contributed by atoms with Crippen LogP contribution in [0.4, 0.5) is 0 Å². The summed E-state index contributed by atoms with van der Waals surface area (Å²) in [4.78, 5) is 12.4. The first-order valence-electron chi connectivity index (χ1n) is 7.19. The van der Waals surface area contributed by atoms with E-state index in [0.29, 0.717) is 16.9 Å². The molecular formula is C18H18O5S. The Morgan fingerprint density at radius 3 is 1.75 bits per heavy atom. The molecule has 2 aromatic rings. The van der Waals surface area contributed by atoms with Crippen molar-refractivity contribution in [1.82, 2.24) is 0 Å². The molecule has 0 atom stereocenters. The molecule has 0 aromatic heterocycles. The highest BCUT2D eigenvalue weighted by Gasteiger charge is 2.10. The second-order valence-corrected chi connectivity index (χ2v) is 7.05. The first kappa shape index (κ1) is 17.7. The van der Waals surface area contributed by atoms with Crippen LogP contribution in [0, 0.1) is 0 Å². The van der Waals surface area contributed by atoms with Crippen molar-refractivity contribution in [2.45, 2.75) is 13.8 Å². The molecule has 0 aliphatic carbocycles. The van der Waals surface area contributed by atoms with Gasteiger partial charge in [-0.2, -0.15) is 8.42 Å². The zero-order valence-corrected chi connectivity index (χ0v) is 14.5. The van der Waals surface area contributed by atoms with Gasteiger partial charge in [-0.1, -0.05) is 0 Å². The van der Waals surface area contributed by atoms with Gasteiger partial charge in [0.1, 0.15) is 11.5 Å². The third-order valence-electron chi connectivity index (χ3n) is 2.91. The Bertz CT molecular complexity index is 843. The maximum atomic E-state index is 12.4. The molecule has 2 rings (SSSR count). The Morgan fingerprint density at radius 2 is 1.33 bits per heavy atom. The van der Waals surface area contributed by atoms with Crippen molar-refractivity contribution in [2.24, 2.45) is 0 Å². The summed E-state index contributed by atoms with van der Waals surface area (Å²) in [5.74, 6) is 0.638. The second kappa shape index (κ2) is 7.31. The van der Waals surface area contributed by atoms with Gasteiger partial charge in [0.05, 0.1) is 12.5 Å². The van der Waals surface area contributed by atoms with E-state index >= 15 is 0 Å². The van der Waals surface area contributed by atoms with E-state index in [1.165, 1.54) is 24.3 Å². The molecule has 0 fully saturated rings. The third kappa shape index (κ3) is 5.24. The van der Waals surface area contributed by atoms with Gasteiger partial charge >= 0.3 is 10.1 Å². The monoisotopic (exact) mass is 346 g/mol. The average molecular weight is 346 g/mol.